The Morgan fingerprint density at radius 2 is 1.94 bits per heavy atom. The number of anilines is 2. The summed E-state index contributed by atoms with van der Waals surface area (Å²) < 4.78 is 25.7. The van der Waals surface area contributed by atoms with Gasteiger partial charge in [0.1, 0.15) is 18.5 Å². The van der Waals surface area contributed by atoms with Crippen LogP contribution in [0.25, 0.3) is 0 Å². The number of amides is 3. The fourth-order valence-corrected chi connectivity index (χ4v) is 4.05. The van der Waals surface area contributed by atoms with E-state index in [0.717, 1.165) is 21.4 Å². The normalized spacial score (nSPS) is 19.8. The standard InChI is InChI=1S/C23H24FN3O7/c24-19-10-16(26-12-18(13-28)34-22(26)31)6-7-20(19)27(17-8-9-25(11-17)21(29)30)23(32)33-14-15-4-2-1-3-5-15/h1-7,10,17-18,28H,8-9,11-14H2,(H,29,30)/t17-,18-/m1/s1. The summed E-state index contributed by atoms with van der Waals surface area (Å²) in [5.74, 6) is -0.789. The summed E-state index contributed by atoms with van der Waals surface area (Å²) in [6.45, 7) is -0.121. The molecule has 4 rings (SSSR count). The highest BCUT2D eigenvalue weighted by Gasteiger charge is 2.37. The van der Waals surface area contributed by atoms with Gasteiger partial charge in [-0.2, -0.15) is 0 Å². The highest BCUT2D eigenvalue weighted by atomic mass is 19.1. The topological polar surface area (TPSA) is 120 Å². The summed E-state index contributed by atoms with van der Waals surface area (Å²) >= 11 is 0. The minimum atomic E-state index is -1.12. The van der Waals surface area contributed by atoms with Crippen molar-refractivity contribution in [2.75, 3.05) is 36.0 Å². The van der Waals surface area contributed by atoms with E-state index in [0.29, 0.717) is 6.42 Å². The minimum absolute atomic E-state index is 0.00753. The van der Waals surface area contributed by atoms with Gasteiger partial charge in [-0.05, 0) is 30.2 Å². The molecule has 0 bridgehead atoms. The number of carboxylic acid groups (broad SMARTS) is 1. The predicted molar refractivity (Wildman–Crippen MR) is 118 cm³/mol. The molecule has 2 heterocycles. The number of nitrogens with zero attached hydrogens (tertiary/aromatic N) is 3. The molecule has 180 valence electrons. The second-order valence-corrected chi connectivity index (χ2v) is 8.02. The van der Waals surface area contributed by atoms with Gasteiger partial charge in [0.2, 0.25) is 0 Å². The van der Waals surface area contributed by atoms with E-state index in [-0.39, 0.29) is 44.2 Å². The Morgan fingerprint density at radius 1 is 1.18 bits per heavy atom. The molecule has 0 saturated carbocycles. The van der Waals surface area contributed by atoms with Crippen molar-refractivity contribution in [3.05, 3.63) is 59.9 Å². The fraction of sp³-hybridized carbons (Fsp3) is 0.348. The van der Waals surface area contributed by atoms with E-state index in [1.165, 1.54) is 17.0 Å². The maximum atomic E-state index is 15.3. The van der Waals surface area contributed by atoms with Crippen LogP contribution in [0.3, 0.4) is 0 Å². The second-order valence-electron chi connectivity index (χ2n) is 8.02. The third-order valence-corrected chi connectivity index (χ3v) is 5.78. The molecular weight excluding hydrogens is 449 g/mol. The maximum Gasteiger partial charge on any atom is 0.415 e. The summed E-state index contributed by atoms with van der Waals surface area (Å²) in [6, 6.07) is 12.3. The number of likely N-dealkylation sites (tertiary alicyclic amines) is 1. The van der Waals surface area contributed by atoms with Crippen molar-refractivity contribution in [1.82, 2.24) is 4.90 Å². The van der Waals surface area contributed by atoms with Crippen LogP contribution in [0.1, 0.15) is 12.0 Å². The van der Waals surface area contributed by atoms with E-state index < -0.39 is 36.2 Å². The number of aliphatic hydroxyl groups is 1. The molecule has 0 aliphatic carbocycles. The summed E-state index contributed by atoms with van der Waals surface area (Å²) in [7, 11) is 0. The Bertz CT molecular complexity index is 1070. The van der Waals surface area contributed by atoms with Crippen molar-refractivity contribution >= 4 is 29.7 Å². The molecule has 11 heteroatoms. The van der Waals surface area contributed by atoms with Crippen molar-refractivity contribution in [1.29, 1.82) is 0 Å². The van der Waals surface area contributed by atoms with Crippen LogP contribution in [0, 0.1) is 5.82 Å². The molecule has 2 atom stereocenters. The Labute approximate surface area is 194 Å². The number of halogens is 1. The minimum Gasteiger partial charge on any atom is -0.465 e. The van der Waals surface area contributed by atoms with Gasteiger partial charge in [0.05, 0.1) is 30.6 Å². The van der Waals surface area contributed by atoms with Gasteiger partial charge in [0.15, 0.2) is 0 Å². The molecule has 2 fully saturated rings. The first-order valence-corrected chi connectivity index (χ1v) is 10.7. The fourth-order valence-electron chi connectivity index (χ4n) is 4.05. The lowest BCUT2D eigenvalue weighted by Crippen LogP contribution is -2.43. The monoisotopic (exact) mass is 473 g/mol. The second kappa shape index (κ2) is 9.96. The Hall–Kier alpha value is -3.86. The number of cyclic esters (lactones) is 1. The van der Waals surface area contributed by atoms with Crippen LogP contribution in [0.2, 0.25) is 0 Å². The van der Waals surface area contributed by atoms with Crippen molar-refractivity contribution in [2.24, 2.45) is 0 Å². The Kier molecular flexibility index (Phi) is 6.82. The first-order valence-electron chi connectivity index (χ1n) is 10.7. The van der Waals surface area contributed by atoms with Gasteiger partial charge in [-0.1, -0.05) is 30.3 Å². The molecule has 10 nitrogen and oxygen atoms in total. The summed E-state index contributed by atoms with van der Waals surface area (Å²) in [5.41, 5.74) is 0.861. The van der Waals surface area contributed by atoms with Gasteiger partial charge in [-0.3, -0.25) is 9.80 Å². The van der Waals surface area contributed by atoms with E-state index in [1.807, 2.05) is 6.07 Å². The molecule has 2 aliphatic rings. The molecule has 0 spiro atoms. The van der Waals surface area contributed by atoms with Crippen molar-refractivity contribution in [2.45, 2.75) is 25.2 Å². The lowest BCUT2D eigenvalue weighted by molar-refractivity contribution is 0.0963. The average Bonchev–Trinajstić information content (AvgIpc) is 3.47. The summed E-state index contributed by atoms with van der Waals surface area (Å²) in [6.07, 6.45) is -3.04. The molecule has 0 radical (unpaired) electrons. The summed E-state index contributed by atoms with van der Waals surface area (Å²) in [4.78, 5) is 40.0. The van der Waals surface area contributed by atoms with Gasteiger partial charge in [0.25, 0.3) is 0 Å². The van der Waals surface area contributed by atoms with E-state index >= 15 is 4.39 Å². The number of carbonyl (C=O) groups is 3. The van der Waals surface area contributed by atoms with Crippen molar-refractivity contribution in [3.63, 3.8) is 0 Å². The zero-order chi connectivity index (χ0) is 24.2. The number of ether oxygens (including phenoxy) is 2. The average molecular weight is 473 g/mol. The number of carbonyl (C=O) groups excluding carboxylic acids is 2. The maximum absolute atomic E-state index is 15.3. The van der Waals surface area contributed by atoms with E-state index in [9.17, 15) is 24.6 Å². The molecule has 0 aromatic heterocycles. The van der Waals surface area contributed by atoms with Crippen molar-refractivity contribution in [3.8, 4) is 0 Å². The highest BCUT2D eigenvalue weighted by molar-refractivity contribution is 5.92. The molecule has 0 unspecified atom stereocenters. The van der Waals surface area contributed by atoms with Gasteiger partial charge >= 0.3 is 18.3 Å². The lowest BCUT2D eigenvalue weighted by Gasteiger charge is -2.29. The number of hydrogen-bond donors (Lipinski definition) is 2. The van der Waals surface area contributed by atoms with Crippen LogP contribution in [0.5, 0.6) is 0 Å². The number of benzene rings is 2. The Morgan fingerprint density at radius 3 is 2.56 bits per heavy atom. The predicted octanol–water partition coefficient (Wildman–Crippen LogP) is 3.04. The van der Waals surface area contributed by atoms with Crippen LogP contribution < -0.4 is 9.80 Å². The smallest absolute Gasteiger partial charge is 0.415 e. The number of rotatable bonds is 6. The number of aliphatic hydroxyl groups excluding tert-OH is 1. The van der Waals surface area contributed by atoms with E-state index in [1.54, 1.807) is 24.3 Å². The lowest BCUT2D eigenvalue weighted by atomic mass is 10.1. The molecule has 34 heavy (non-hydrogen) atoms. The van der Waals surface area contributed by atoms with Crippen LogP contribution in [0.15, 0.2) is 48.5 Å². The molecule has 2 aromatic carbocycles. The molecule has 2 N–H and O–H groups in total. The first-order chi connectivity index (χ1) is 16.4. The largest absolute Gasteiger partial charge is 0.465 e. The van der Waals surface area contributed by atoms with Crippen LogP contribution >= 0.6 is 0 Å². The van der Waals surface area contributed by atoms with Gasteiger partial charge < -0.3 is 24.6 Å². The molecular formula is C23H24FN3O7. The van der Waals surface area contributed by atoms with E-state index in [4.69, 9.17) is 9.47 Å². The highest BCUT2D eigenvalue weighted by Crippen LogP contribution is 2.31. The third kappa shape index (κ3) is 4.88. The molecule has 2 aliphatic heterocycles. The van der Waals surface area contributed by atoms with Crippen molar-refractivity contribution < 1.29 is 38.5 Å². The zero-order valence-electron chi connectivity index (χ0n) is 18.2. The summed E-state index contributed by atoms with van der Waals surface area (Å²) in [5, 5.41) is 18.5. The third-order valence-electron chi connectivity index (χ3n) is 5.78. The van der Waals surface area contributed by atoms with Gasteiger partial charge in [-0.25, -0.2) is 18.8 Å². The quantitative estimate of drug-likeness (QED) is 0.662. The molecule has 3 amide bonds. The van der Waals surface area contributed by atoms with Crippen LogP contribution in [-0.2, 0) is 16.1 Å². The SMILES string of the molecule is O=C(O)N1CC[C@@H](N(C(=O)OCc2ccccc2)c2ccc(N3C[C@H](CO)OC3=O)cc2F)C1. The molecule has 2 saturated heterocycles. The van der Waals surface area contributed by atoms with Gasteiger partial charge in [0, 0.05) is 13.1 Å². The Balaban J connectivity index is 1.58. The number of hydrogen-bond acceptors (Lipinski definition) is 6. The molecule has 2 aromatic rings. The van der Waals surface area contributed by atoms with Crippen LogP contribution in [0.4, 0.5) is 30.1 Å². The first kappa shape index (κ1) is 23.3. The zero-order valence-corrected chi connectivity index (χ0v) is 18.2. The van der Waals surface area contributed by atoms with E-state index in [2.05, 4.69) is 0 Å². The van der Waals surface area contributed by atoms with Gasteiger partial charge in [-0.15, -0.1) is 0 Å². The van der Waals surface area contributed by atoms with Crippen LogP contribution in [-0.4, -0.2) is 71.8 Å².